The number of urea groups is 2. The van der Waals surface area contributed by atoms with Gasteiger partial charge in [-0.1, -0.05) is 25.1 Å². The van der Waals surface area contributed by atoms with Crippen molar-refractivity contribution in [1.82, 2.24) is 10.2 Å². The van der Waals surface area contributed by atoms with Gasteiger partial charge in [-0.25, -0.2) is 14.4 Å². The van der Waals surface area contributed by atoms with Crippen LogP contribution in [-0.2, 0) is 9.53 Å². The molecule has 0 bridgehead atoms. The first kappa shape index (κ1) is 24.6. The van der Waals surface area contributed by atoms with Crippen LogP contribution >= 0.6 is 0 Å². The van der Waals surface area contributed by atoms with Gasteiger partial charge in [-0.3, -0.25) is 4.90 Å². The Kier molecular flexibility index (Phi) is 8.13. The first-order valence-electron chi connectivity index (χ1n) is 11.2. The summed E-state index contributed by atoms with van der Waals surface area (Å²) in [5.74, 6) is 0.168. The SMILES string of the molecule is CCCN1C(=O)NC(c2ccc(NC(=O)Nc3cccc(OC)c3)cc2)C(C(=O)OCC)=C1C. The molecule has 2 aromatic carbocycles. The number of nitrogens with zero attached hydrogens (tertiary/aromatic N) is 1. The summed E-state index contributed by atoms with van der Waals surface area (Å²) in [4.78, 5) is 39.4. The number of methoxy groups -OCH3 is 1. The Balaban J connectivity index is 1.78. The molecule has 1 aliphatic rings. The highest BCUT2D eigenvalue weighted by atomic mass is 16.5. The third kappa shape index (κ3) is 5.67. The summed E-state index contributed by atoms with van der Waals surface area (Å²) in [6.07, 6.45) is 0.754. The Bertz CT molecular complexity index is 1080. The molecule has 3 N–H and O–H groups in total. The van der Waals surface area contributed by atoms with Crippen LogP contribution in [0.2, 0.25) is 0 Å². The first-order valence-corrected chi connectivity index (χ1v) is 11.2. The fourth-order valence-electron chi connectivity index (χ4n) is 3.75. The fourth-order valence-corrected chi connectivity index (χ4v) is 3.75. The standard InChI is InChI=1S/C25H30N4O5/c1-5-14-29-16(3)21(23(30)34-6-2)22(28-25(29)32)17-10-12-18(13-11-17)26-24(31)27-19-8-7-9-20(15-19)33-4/h7-13,15,22H,5-6,14H2,1-4H3,(H,28,32)(H2,26,27,31). The van der Waals surface area contributed by atoms with Gasteiger partial charge < -0.3 is 25.4 Å². The van der Waals surface area contributed by atoms with Gasteiger partial charge in [0.15, 0.2) is 0 Å². The van der Waals surface area contributed by atoms with Gasteiger partial charge in [-0.2, -0.15) is 0 Å². The lowest BCUT2D eigenvalue weighted by molar-refractivity contribution is -0.139. The minimum atomic E-state index is -0.653. The number of carbonyl (C=O) groups excluding carboxylic acids is 3. The van der Waals surface area contributed by atoms with Gasteiger partial charge in [0.25, 0.3) is 0 Å². The third-order valence-electron chi connectivity index (χ3n) is 5.37. The molecule has 0 aromatic heterocycles. The predicted molar refractivity (Wildman–Crippen MR) is 130 cm³/mol. The van der Waals surface area contributed by atoms with Gasteiger partial charge in [-0.05, 0) is 50.1 Å². The molecule has 180 valence electrons. The van der Waals surface area contributed by atoms with E-state index < -0.39 is 18.0 Å². The largest absolute Gasteiger partial charge is 0.497 e. The van der Waals surface area contributed by atoms with Crippen molar-refractivity contribution < 1.29 is 23.9 Å². The zero-order valence-corrected chi connectivity index (χ0v) is 19.8. The maximum Gasteiger partial charge on any atom is 0.338 e. The monoisotopic (exact) mass is 466 g/mol. The smallest absolute Gasteiger partial charge is 0.338 e. The second-order valence-corrected chi connectivity index (χ2v) is 7.69. The molecule has 9 nitrogen and oxygen atoms in total. The normalized spacial score (nSPS) is 15.5. The van der Waals surface area contributed by atoms with Crippen molar-refractivity contribution in [1.29, 1.82) is 0 Å². The minimum absolute atomic E-state index is 0.231. The summed E-state index contributed by atoms with van der Waals surface area (Å²) in [5, 5.41) is 8.42. The summed E-state index contributed by atoms with van der Waals surface area (Å²) >= 11 is 0. The molecule has 3 rings (SSSR count). The molecule has 1 unspecified atom stereocenters. The lowest BCUT2D eigenvalue weighted by Gasteiger charge is -2.35. The Hall–Kier alpha value is -4.01. The summed E-state index contributed by atoms with van der Waals surface area (Å²) in [7, 11) is 1.56. The maximum atomic E-state index is 12.7. The van der Waals surface area contributed by atoms with E-state index >= 15 is 0 Å². The molecule has 0 saturated carbocycles. The van der Waals surface area contributed by atoms with Crippen molar-refractivity contribution in [2.24, 2.45) is 0 Å². The Morgan fingerprint density at radius 3 is 2.41 bits per heavy atom. The molecule has 0 saturated heterocycles. The second kappa shape index (κ2) is 11.2. The number of nitrogens with one attached hydrogen (secondary N) is 3. The van der Waals surface area contributed by atoms with E-state index in [0.29, 0.717) is 40.5 Å². The van der Waals surface area contributed by atoms with Crippen LogP contribution in [0.1, 0.15) is 38.8 Å². The summed E-state index contributed by atoms with van der Waals surface area (Å²) in [6, 6.07) is 12.6. The van der Waals surface area contributed by atoms with Crippen LogP contribution in [-0.4, -0.2) is 43.2 Å². The van der Waals surface area contributed by atoms with Gasteiger partial charge in [0.1, 0.15) is 5.75 Å². The topological polar surface area (TPSA) is 109 Å². The van der Waals surface area contributed by atoms with Crippen LogP contribution in [0, 0.1) is 0 Å². The maximum absolute atomic E-state index is 12.7. The molecule has 34 heavy (non-hydrogen) atoms. The van der Waals surface area contributed by atoms with E-state index in [4.69, 9.17) is 9.47 Å². The fraction of sp³-hybridized carbons (Fsp3) is 0.320. The molecule has 2 aromatic rings. The van der Waals surface area contributed by atoms with Crippen molar-refractivity contribution in [3.63, 3.8) is 0 Å². The number of hydrogen-bond donors (Lipinski definition) is 3. The van der Waals surface area contributed by atoms with E-state index in [1.807, 2.05) is 6.92 Å². The molecule has 4 amide bonds. The molecule has 1 heterocycles. The van der Waals surface area contributed by atoms with Gasteiger partial charge in [-0.15, -0.1) is 0 Å². The van der Waals surface area contributed by atoms with E-state index in [1.165, 1.54) is 0 Å². The Labute approximate surface area is 199 Å². The van der Waals surface area contributed by atoms with Crippen LogP contribution in [0.5, 0.6) is 5.75 Å². The highest BCUT2D eigenvalue weighted by molar-refractivity contribution is 6.00. The quantitative estimate of drug-likeness (QED) is 0.491. The summed E-state index contributed by atoms with van der Waals surface area (Å²) < 4.78 is 10.4. The summed E-state index contributed by atoms with van der Waals surface area (Å²) in [5.41, 5.74) is 2.82. The highest BCUT2D eigenvalue weighted by Gasteiger charge is 2.36. The number of anilines is 2. The van der Waals surface area contributed by atoms with Crippen LogP contribution in [0.3, 0.4) is 0 Å². The van der Waals surface area contributed by atoms with Crippen LogP contribution < -0.4 is 20.7 Å². The molecule has 1 aliphatic heterocycles. The van der Waals surface area contributed by atoms with Gasteiger partial charge >= 0.3 is 18.0 Å². The van der Waals surface area contributed by atoms with Crippen molar-refractivity contribution in [2.45, 2.75) is 33.2 Å². The van der Waals surface area contributed by atoms with Gasteiger partial charge in [0.05, 0.1) is 25.3 Å². The molecule has 0 radical (unpaired) electrons. The van der Waals surface area contributed by atoms with E-state index in [-0.39, 0.29) is 12.6 Å². The third-order valence-corrected chi connectivity index (χ3v) is 5.37. The van der Waals surface area contributed by atoms with Crippen molar-refractivity contribution >= 4 is 29.4 Å². The average Bonchev–Trinajstić information content (AvgIpc) is 2.82. The molecular formula is C25H30N4O5. The number of allylic oxidation sites excluding steroid dienone is 1. The molecule has 0 fully saturated rings. The number of ether oxygens (including phenoxy) is 2. The van der Waals surface area contributed by atoms with Gasteiger partial charge in [0.2, 0.25) is 0 Å². The van der Waals surface area contributed by atoms with E-state index in [2.05, 4.69) is 16.0 Å². The molecule has 0 spiro atoms. The molecular weight excluding hydrogens is 436 g/mol. The minimum Gasteiger partial charge on any atom is -0.497 e. The summed E-state index contributed by atoms with van der Waals surface area (Å²) in [6.45, 7) is 6.19. The van der Waals surface area contributed by atoms with E-state index in [0.717, 1.165) is 6.42 Å². The number of rotatable bonds is 8. The molecule has 0 aliphatic carbocycles. The Morgan fingerprint density at radius 1 is 1.06 bits per heavy atom. The van der Waals surface area contributed by atoms with Gasteiger partial charge in [0, 0.05) is 29.7 Å². The number of carbonyl (C=O) groups is 3. The average molecular weight is 467 g/mol. The van der Waals surface area contributed by atoms with E-state index in [1.54, 1.807) is 74.4 Å². The zero-order valence-electron chi connectivity index (χ0n) is 19.8. The second-order valence-electron chi connectivity index (χ2n) is 7.69. The number of esters is 1. The number of benzene rings is 2. The first-order chi connectivity index (χ1) is 16.4. The lowest BCUT2D eigenvalue weighted by Crippen LogP contribution is -2.48. The van der Waals surface area contributed by atoms with Crippen LogP contribution in [0.15, 0.2) is 59.8 Å². The van der Waals surface area contributed by atoms with Crippen molar-refractivity contribution in [3.8, 4) is 5.75 Å². The number of amides is 4. The molecule has 9 heteroatoms. The lowest BCUT2D eigenvalue weighted by atomic mass is 9.94. The van der Waals surface area contributed by atoms with Crippen LogP contribution in [0.25, 0.3) is 0 Å². The highest BCUT2D eigenvalue weighted by Crippen LogP contribution is 2.32. The zero-order chi connectivity index (χ0) is 24.7. The number of hydrogen-bond acceptors (Lipinski definition) is 5. The molecule has 1 atom stereocenters. The predicted octanol–water partition coefficient (Wildman–Crippen LogP) is 4.65. The van der Waals surface area contributed by atoms with Crippen LogP contribution in [0.4, 0.5) is 21.0 Å². The Morgan fingerprint density at radius 2 is 1.76 bits per heavy atom. The van der Waals surface area contributed by atoms with Crippen molar-refractivity contribution in [3.05, 3.63) is 65.4 Å². The van der Waals surface area contributed by atoms with E-state index in [9.17, 15) is 14.4 Å². The van der Waals surface area contributed by atoms with Crippen molar-refractivity contribution in [2.75, 3.05) is 30.9 Å².